The third-order valence-corrected chi connectivity index (χ3v) is 5.02. The second-order valence-electron chi connectivity index (χ2n) is 6.51. The smallest absolute Gasteiger partial charge is 0.238 e. The van der Waals surface area contributed by atoms with Crippen molar-refractivity contribution in [3.05, 3.63) is 59.3 Å². The van der Waals surface area contributed by atoms with Crippen LogP contribution in [0.25, 0.3) is 0 Å². The van der Waals surface area contributed by atoms with Crippen molar-refractivity contribution in [1.29, 1.82) is 0 Å². The highest BCUT2D eigenvalue weighted by atomic mass is 32.1. The van der Waals surface area contributed by atoms with Gasteiger partial charge in [-0.1, -0.05) is 12.1 Å². The van der Waals surface area contributed by atoms with E-state index in [9.17, 15) is 4.79 Å². The van der Waals surface area contributed by atoms with Crippen molar-refractivity contribution in [3.63, 3.8) is 0 Å². The third kappa shape index (κ3) is 6.00. The van der Waals surface area contributed by atoms with Crippen LogP contribution in [0.1, 0.15) is 25.6 Å². The van der Waals surface area contributed by atoms with Crippen molar-refractivity contribution in [2.24, 2.45) is 0 Å². The molecule has 0 unspecified atom stereocenters. The van der Waals surface area contributed by atoms with Gasteiger partial charge in [0.25, 0.3) is 0 Å². The summed E-state index contributed by atoms with van der Waals surface area (Å²) in [6.45, 7) is 13.1. The Balaban J connectivity index is 1.94. The molecule has 140 valence electrons. The van der Waals surface area contributed by atoms with Crippen molar-refractivity contribution in [2.45, 2.75) is 33.4 Å². The molecule has 0 radical (unpaired) electrons. The zero-order valence-electron chi connectivity index (χ0n) is 15.9. The van der Waals surface area contributed by atoms with E-state index in [1.165, 1.54) is 10.6 Å². The van der Waals surface area contributed by atoms with Crippen LogP contribution in [-0.4, -0.2) is 36.5 Å². The lowest BCUT2D eigenvalue weighted by molar-refractivity contribution is -0.117. The van der Waals surface area contributed by atoms with E-state index in [2.05, 4.69) is 66.0 Å². The fourth-order valence-electron chi connectivity index (χ4n) is 2.98. The Labute approximate surface area is 161 Å². The van der Waals surface area contributed by atoms with Gasteiger partial charge in [-0.25, -0.2) is 0 Å². The van der Waals surface area contributed by atoms with Crippen LogP contribution in [0, 0.1) is 0 Å². The maximum Gasteiger partial charge on any atom is 0.238 e. The zero-order valence-corrected chi connectivity index (χ0v) is 16.8. The molecule has 26 heavy (non-hydrogen) atoms. The molecule has 1 amide bonds. The number of benzene rings is 1. The van der Waals surface area contributed by atoms with Gasteiger partial charge in [-0.3, -0.25) is 9.69 Å². The lowest BCUT2D eigenvalue weighted by atomic mass is 10.2. The molecule has 0 bridgehead atoms. The van der Waals surface area contributed by atoms with Gasteiger partial charge in [0, 0.05) is 41.9 Å². The van der Waals surface area contributed by atoms with Gasteiger partial charge in [0.1, 0.15) is 0 Å². The molecule has 0 spiro atoms. The van der Waals surface area contributed by atoms with Crippen molar-refractivity contribution < 1.29 is 4.79 Å². The van der Waals surface area contributed by atoms with Crippen LogP contribution >= 0.6 is 11.3 Å². The lowest BCUT2D eigenvalue weighted by Gasteiger charge is -2.27. The highest BCUT2D eigenvalue weighted by molar-refractivity contribution is 7.09. The Morgan fingerprint density at radius 1 is 1.27 bits per heavy atom. The maximum absolute atomic E-state index is 12.4. The summed E-state index contributed by atoms with van der Waals surface area (Å²) in [6, 6.07) is 12.6. The number of nitrogens with one attached hydrogen (secondary N) is 1. The summed E-state index contributed by atoms with van der Waals surface area (Å²) in [5.41, 5.74) is 2.00. The Bertz CT molecular complexity index is 680. The number of nitrogens with zero attached hydrogens (tertiary/aromatic N) is 2. The highest BCUT2D eigenvalue weighted by Gasteiger charge is 2.12. The molecule has 1 heterocycles. The number of carbonyl (C=O) groups excluding carboxylic acids is 1. The van der Waals surface area contributed by atoms with Gasteiger partial charge in [-0.2, -0.15) is 0 Å². The van der Waals surface area contributed by atoms with E-state index in [0.29, 0.717) is 19.1 Å². The summed E-state index contributed by atoms with van der Waals surface area (Å²) in [6.07, 6.45) is 1.83. The Morgan fingerprint density at radius 3 is 2.54 bits per heavy atom. The van der Waals surface area contributed by atoms with E-state index in [-0.39, 0.29) is 5.91 Å². The SMILES string of the molecule is C=CCN(CC(=O)Nc1ccc(N(CC)C(C)C)cc1)Cc1cccs1. The van der Waals surface area contributed by atoms with Crippen molar-refractivity contribution >= 4 is 28.6 Å². The molecule has 0 saturated carbocycles. The quantitative estimate of drug-likeness (QED) is 0.620. The zero-order chi connectivity index (χ0) is 18.9. The van der Waals surface area contributed by atoms with Crippen LogP contribution < -0.4 is 10.2 Å². The Hall–Kier alpha value is -2.11. The van der Waals surface area contributed by atoms with Crippen LogP contribution in [0.15, 0.2) is 54.4 Å². The Morgan fingerprint density at radius 2 is 2.00 bits per heavy atom. The average Bonchev–Trinajstić information content (AvgIpc) is 3.10. The molecule has 2 aromatic rings. The fraction of sp³-hybridized carbons (Fsp3) is 0.381. The second kappa shape index (κ2) is 10.1. The predicted molar refractivity (Wildman–Crippen MR) is 113 cm³/mol. The van der Waals surface area contributed by atoms with E-state index in [1.807, 2.05) is 24.3 Å². The normalized spacial score (nSPS) is 11.0. The van der Waals surface area contributed by atoms with Gasteiger partial charge in [0.2, 0.25) is 5.91 Å². The standard InChI is InChI=1S/C21H29N3OS/c1-5-13-23(15-20-8-7-14-26-20)16-21(25)22-18-9-11-19(12-10-18)24(6-2)17(3)4/h5,7-12,14,17H,1,6,13,15-16H2,2-4H3,(H,22,25). The van der Waals surface area contributed by atoms with E-state index in [1.54, 1.807) is 11.3 Å². The summed E-state index contributed by atoms with van der Waals surface area (Å²) in [7, 11) is 0. The van der Waals surface area contributed by atoms with Crippen LogP contribution in [0.2, 0.25) is 0 Å². The summed E-state index contributed by atoms with van der Waals surface area (Å²) >= 11 is 1.70. The number of hydrogen-bond donors (Lipinski definition) is 1. The van der Waals surface area contributed by atoms with Crippen LogP contribution in [0.3, 0.4) is 0 Å². The predicted octanol–water partition coefficient (Wildman–Crippen LogP) is 4.61. The number of hydrogen-bond acceptors (Lipinski definition) is 4. The first-order chi connectivity index (χ1) is 12.5. The van der Waals surface area contributed by atoms with Gasteiger partial charge in [-0.05, 0) is 56.5 Å². The van der Waals surface area contributed by atoms with Gasteiger partial charge >= 0.3 is 0 Å². The molecule has 0 saturated heterocycles. The van der Waals surface area contributed by atoms with Crippen molar-refractivity contribution in [2.75, 3.05) is 29.9 Å². The molecular formula is C21H29N3OS. The summed E-state index contributed by atoms with van der Waals surface area (Å²) in [5, 5.41) is 5.05. The average molecular weight is 372 g/mol. The molecule has 0 fully saturated rings. The van der Waals surface area contributed by atoms with E-state index in [4.69, 9.17) is 0 Å². The molecule has 1 aromatic heterocycles. The third-order valence-electron chi connectivity index (χ3n) is 4.16. The molecule has 0 atom stereocenters. The molecular weight excluding hydrogens is 342 g/mol. The first-order valence-corrected chi connectivity index (χ1v) is 9.93. The van der Waals surface area contributed by atoms with Crippen molar-refractivity contribution in [3.8, 4) is 0 Å². The monoisotopic (exact) mass is 371 g/mol. The lowest BCUT2D eigenvalue weighted by Crippen LogP contribution is -2.33. The van der Waals surface area contributed by atoms with Gasteiger partial charge < -0.3 is 10.2 Å². The summed E-state index contributed by atoms with van der Waals surface area (Å²) in [5.74, 6) is -0.00707. The van der Waals surface area contributed by atoms with Crippen LogP contribution in [0.5, 0.6) is 0 Å². The minimum atomic E-state index is -0.00707. The summed E-state index contributed by atoms with van der Waals surface area (Å²) < 4.78 is 0. The maximum atomic E-state index is 12.4. The first kappa shape index (κ1) is 20.2. The number of anilines is 2. The molecule has 0 aliphatic carbocycles. The molecule has 1 N–H and O–H groups in total. The van der Waals surface area contributed by atoms with E-state index >= 15 is 0 Å². The van der Waals surface area contributed by atoms with Gasteiger partial charge in [0.15, 0.2) is 0 Å². The minimum absolute atomic E-state index is 0.00707. The van der Waals surface area contributed by atoms with Crippen LogP contribution in [-0.2, 0) is 11.3 Å². The molecule has 0 aliphatic heterocycles. The van der Waals surface area contributed by atoms with Gasteiger partial charge in [0.05, 0.1) is 6.54 Å². The molecule has 0 aliphatic rings. The molecule has 5 heteroatoms. The molecule has 2 rings (SSSR count). The second-order valence-corrected chi connectivity index (χ2v) is 7.54. The summed E-state index contributed by atoms with van der Waals surface area (Å²) in [4.78, 5) is 18.1. The molecule has 1 aromatic carbocycles. The van der Waals surface area contributed by atoms with Crippen molar-refractivity contribution in [1.82, 2.24) is 4.90 Å². The van der Waals surface area contributed by atoms with Crippen LogP contribution in [0.4, 0.5) is 11.4 Å². The Kier molecular flexibility index (Phi) is 7.88. The number of amides is 1. The number of thiophene rings is 1. The van der Waals surface area contributed by atoms with Gasteiger partial charge in [-0.15, -0.1) is 17.9 Å². The fourth-order valence-corrected chi connectivity index (χ4v) is 3.72. The largest absolute Gasteiger partial charge is 0.369 e. The minimum Gasteiger partial charge on any atom is -0.369 e. The number of carbonyl (C=O) groups is 1. The first-order valence-electron chi connectivity index (χ1n) is 9.05. The topological polar surface area (TPSA) is 35.6 Å². The number of rotatable bonds is 10. The molecule has 4 nitrogen and oxygen atoms in total. The highest BCUT2D eigenvalue weighted by Crippen LogP contribution is 2.20. The van der Waals surface area contributed by atoms with E-state index < -0.39 is 0 Å². The van der Waals surface area contributed by atoms with E-state index in [0.717, 1.165) is 18.8 Å².